The first-order valence-corrected chi connectivity index (χ1v) is 8.85. The van der Waals surface area contributed by atoms with Crippen molar-refractivity contribution in [2.45, 2.75) is 51.6 Å². The molecule has 2 N–H and O–H groups in total. The number of hydrogen-bond donors (Lipinski definition) is 2. The van der Waals surface area contributed by atoms with E-state index in [-0.39, 0.29) is 18.0 Å². The third-order valence-corrected chi connectivity index (χ3v) is 4.56. The summed E-state index contributed by atoms with van der Waals surface area (Å²) in [5.41, 5.74) is 1.60. The number of nitrogens with zero attached hydrogens (tertiary/aromatic N) is 2. The van der Waals surface area contributed by atoms with E-state index in [0.29, 0.717) is 18.5 Å². The minimum absolute atomic E-state index is 0.0240. The number of likely N-dealkylation sites (tertiary alicyclic amines) is 1. The molecule has 0 aliphatic carbocycles. The second kappa shape index (κ2) is 9.07. The minimum Gasteiger partial charge on any atom is -0.338 e. The molecular weight excluding hydrogens is 316 g/mol. The van der Waals surface area contributed by atoms with Crippen molar-refractivity contribution in [3.63, 3.8) is 0 Å². The lowest BCUT2D eigenvalue weighted by molar-refractivity contribution is -0.136. The standard InChI is InChI=1S/C19H26N4O2/c1-14-6-3-4-11-23(14)18(24)15(2)22-19(25)21-10-9-16-7-5-8-17(12-16)13-20/h5,7-8,12,14-15H,3-4,6,9-11H2,1-2H3,(H2,21,22,25)/t14-,15-/m0/s1. The van der Waals surface area contributed by atoms with Crippen LogP contribution in [0.15, 0.2) is 24.3 Å². The molecule has 1 fully saturated rings. The maximum Gasteiger partial charge on any atom is 0.315 e. The Labute approximate surface area is 149 Å². The van der Waals surface area contributed by atoms with Crippen molar-refractivity contribution < 1.29 is 9.59 Å². The second-order valence-electron chi connectivity index (χ2n) is 6.56. The van der Waals surface area contributed by atoms with Gasteiger partial charge in [-0.1, -0.05) is 12.1 Å². The van der Waals surface area contributed by atoms with Crippen LogP contribution in [0.3, 0.4) is 0 Å². The first-order chi connectivity index (χ1) is 12.0. The third-order valence-electron chi connectivity index (χ3n) is 4.56. The van der Waals surface area contributed by atoms with Gasteiger partial charge in [-0.3, -0.25) is 4.79 Å². The molecule has 1 saturated heterocycles. The first kappa shape index (κ1) is 18.8. The molecule has 134 valence electrons. The molecule has 0 radical (unpaired) electrons. The van der Waals surface area contributed by atoms with Gasteiger partial charge in [-0.15, -0.1) is 0 Å². The Morgan fingerprint density at radius 1 is 1.40 bits per heavy atom. The van der Waals surface area contributed by atoms with Gasteiger partial charge in [0.1, 0.15) is 6.04 Å². The van der Waals surface area contributed by atoms with E-state index >= 15 is 0 Å². The van der Waals surface area contributed by atoms with Crippen LogP contribution in [0.2, 0.25) is 0 Å². The van der Waals surface area contributed by atoms with Gasteiger partial charge in [0.15, 0.2) is 0 Å². The summed E-state index contributed by atoms with van der Waals surface area (Å²) in [4.78, 5) is 26.3. The average Bonchev–Trinajstić information content (AvgIpc) is 2.61. The molecule has 1 heterocycles. The van der Waals surface area contributed by atoms with E-state index in [1.54, 1.807) is 13.0 Å². The summed E-state index contributed by atoms with van der Waals surface area (Å²) < 4.78 is 0. The van der Waals surface area contributed by atoms with Gasteiger partial charge in [0.25, 0.3) is 0 Å². The number of benzene rings is 1. The van der Waals surface area contributed by atoms with E-state index in [4.69, 9.17) is 5.26 Å². The molecule has 2 atom stereocenters. The van der Waals surface area contributed by atoms with E-state index in [9.17, 15) is 9.59 Å². The van der Waals surface area contributed by atoms with Crippen molar-refractivity contribution in [3.8, 4) is 6.07 Å². The lowest BCUT2D eigenvalue weighted by atomic mass is 10.0. The zero-order chi connectivity index (χ0) is 18.2. The van der Waals surface area contributed by atoms with Crippen LogP contribution in [-0.4, -0.2) is 42.0 Å². The highest BCUT2D eigenvalue weighted by atomic mass is 16.2. The van der Waals surface area contributed by atoms with Gasteiger partial charge in [0.2, 0.25) is 5.91 Å². The van der Waals surface area contributed by atoms with Gasteiger partial charge in [-0.2, -0.15) is 5.26 Å². The second-order valence-corrected chi connectivity index (χ2v) is 6.56. The van der Waals surface area contributed by atoms with E-state index in [1.807, 2.05) is 23.1 Å². The Morgan fingerprint density at radius 2 is 2.20 bits per heavy atom. The van der Waals surface area contributed by atoms with Gasteiger partial charge >= 0.3 is 6.03 Å². The Bertz CT molecular complexity index is 653. The van der Waals surface area contributed by atoms with Crippen molar-refractivity contribution in [3.05, 3.63) is 35.4 Å². The fraction of sp³-hybridized carbons (Fsp3) is 0.526. The van der Waals surface area contributed by atoms with Crippen molar-refractivity contribution in [1.82, 2.24) is 15.5 Å². The maximum absolute atomic E-state index is 12.5. The summed E-state index contributed by atoms with van der Waals surface area (Å²) in [5, 5.41) is 14.4. The monoisotopic (exact) mass is 342 g/mol. The smallest absolute Gasteiger partial charge is 0.315 e. The number of hydrogen-bond acceptors (Lipinski definition) is 3. The normalized spacial score (nSPS) is 18.1. The molecule has 3 amide bonds. The number of carbonyl (C=O) groups excluding carboxylic acids is 2. The highest BCUT2D eigenvalue weighted by Gasteiger charge is 2.27. The van der Waals surface area contributed by atoms with E-state index in [2.05, 4.69) is 23.6 Å². The Balaban J connectivity index is 1.75. The van der Waals surface area contributed by atoms with Crippen LogP contribution in [-0.2, 0) is 11.2 Å². The number of carbonyl (C=O) groups is 2. The SMILES string of the molecule is C[C@H](NC(=O)NCCc1cccc(C#N)c1)C(=O)N1CCCC[C@@H]1C. The van der Waals surface area contributed by atoms with Gasteiger partial charge < -0.3 is 15.5 Å². The largest absolute Gasteiger partial charge is 0.338 e. The van der Waals surface area contributed by atoms with Crippen LogP contribution in [0, 0.1) is 11.3 Å². The molecule has 6 heteroatoms. The van der Waals surface area contributed by atoms with E-state index < -0.39 is 6.04 Å². The van der Waals surface area contributed by atoms with Crippen molar-refractivity contribution in [2.24, 2.45) is 0 Å². The van der Waals surface area contributed by atoms with Gasteiger partial charge in [-0.05, 0) is 57.2 Å². The lowest BCUT2D eigenvalue weighted by Gasteiger charge is -2.35. The predicted octanol–water partition coefficient (Wildman–Crippen LogP) is 2.19. The number of nitrogens with one attached hydrogen (secondary N) is 2. The molecule has 0 spiro atoms. The summed E-state index contributed by atoms with van der Waals surface area (Å²) in [6, 6.07) is 8.76. The van der Waals surface area contributed by atoms with Gasteiger partial charge in [0.05, 0.1) is 11.6 Å². The van der Waals surface area contributed by atoms with Crippen LogP contribution >= 0.6 is 0 Å². The lowest BCUT2D eigenvalue weighted by Crippen LogP contribution is -2.53. The summed E-state index contributed by atoms with van der Waals surface area (Å²) >= 11 is 0. The Morgan fingerprint density at radius 3 is 2.92 bits per heavy atom. The number of urea groups is 1. The highest BCUT2D eigenvalue weighted by Crippen LogP contribution is 2.17. The number of amides is 3. The number of piperidine rings is 1. The average molecular weight is 342 g/mol. The number of rotatable bonds is 5. The third kappa shape index (κ3) is 5.49. The molecule has 0 unspecified atom stereocenters. The molecule has 1 aromatic carbocycles. The molecular formula is C19H26N4O2. The van der Waals surface area contributed by atoms with Crippen LogP contribution < -0.4 is 10.6 Å². The van der Waals surface area contributed by atoms with Crippen LogP contribution in [0.1, 0.15) is 44.2 Å². The minimum atomic E-state index is -0.539. The zero-order valence-electron chi connectivity index (χ0n) is 14.9. The molecule has 0 bridgehead atoms. The maximum atomic E-state index is 12.5. The van der Waals surface area contributed by atoms with Gasteiger partial charge in [0, 0.05) is 19.1 Å². The van der Waals surface area contributed by atoms with Crippen molar-refractivity contribution in [1.29, 1.82) is 5.26 Å². The van der Waals surface area contributed by atoms with Gasteiger partial charge in [-0.25, -0.2) is 4.79 Å². The fourth-order valence-corrected chi connectivity index (χ4v) is 3.10. The van der Waals surface area contributed by atoms with Crippen LogP contribution in [0.5, 0.6) is 0 Å². The quantitative estimate of drug-likeness (QED) is 0.860. The van der Waals surface area contributed by atoms with Crippen LogP contribution in [0.4, 0.5) is 4.79 Å². The zero-order valence-corrected chi connectivity index (χ0v) is 14.9. The van der Waals surface area contributed by atoms with Crippen molar-refractivity contribution >= 4 is 11.9 Å². The fourth-order valence-electron chi connectivity index (χ4n) is 3.10. The van der Waals surface area contributed by atoms with Crippen molar-refractivity contribution in [2.75, 3.05) is 13.1 Å². The molecule has 25 heavy (non-hydrogen) atoms. The molecule has 1 aliphatic rings. The topological polar surface area (TPSA) is 85.2 Å². The van der Waals surface area contributed by atoms with E-state index in [1.165, 1.54) is 0 Å². The molecule has 6 nitrogen and oxygen atoms in total. The summed E-state index contributed by atoms with van der Waals surface area (Å²) in [6.07, 6.45) is 3.83. The molecule has 1 aromatic rings. The summed E-state index contributed by atoms with van der Waals surface area (Å²) in [5.74, 6) is -0.0240. The number of nitriles is 1. The van der Waals surface area contributed by atoms with Crippen LogP contribution in [0.25, 0.3) is 0 Å². The Kier molecular flexibility index (Phi) is 6.81. The molecule has 1 aliphatic heterocycles. The Hall–Kier alpha value is -2.55. The predicted molar refractivity (Wildman–Crippen MR) is 95.9 cm³/mol. The molecule has 0 aromatic heterocycles. The summed E-state index contributed by atoms with van der Waals surface area (Å²) in [6.45, 7) is 4.99. The molecule has 2 rings (SSSR count). The van der Waals surface area contributed by atoms with E-state index in [0.717, 1.165) is 31.4 Å². The summed E-state index contributed by atoms with van der Waals surface area (Å²) in [7, 11) is 0. The molecule has 0 saturated carbocycles. The first-order valence-electron chi connectivity index (χ1n) is 8.85. The highest BCUT2D eigenvalue weighted by molar-refractivity contribution is 5.87.